The van der Waals surface area contributed by atoms with Crippen molar-refractivity contribution in [2.24, 2.45) is 0 Å². The fourth-order valence-electron chi connectivity index (χ4n) is 1.75. The Morgan fingerprint density at radius 3 is 2.53 bits per heavy atom. The maximum Gasteiger partial charge on any atom is 0.320 e. The lowest BCUT2D eigenvalue weighted by Gasteiger charge is -2.21. The van der Waals surface area contributed by atoms with E-state index >= 15 is 0 Å². The molecule has 0 aromatic heterocycles. The summed E-state index contributed by atoms with van der Waals surface area (Å²) in [4.78, 5) is 11.6. The van der Waals surface area contributed by atoms with Gasteiger partial charge in [-0.3, -0.25) is 4.79 Å². The minimum atomic E-state index is -0.452. The zero-order chi connectivity index (χ0) is 14.5. The average molecular weight is 265 g/mol. The summed E-state index contributed by atoms with van der Waals surface area (Å²) in [6.07, 6.45) is 0. The molecule has 0 spiro atoms. The molecule has 0 aliphatic heterocycles. The first-order chi connectivity index (χ1) is 8.83. The number of rotatable bonds is 5. The maximum absolute atomic E-state index is 11.6. The standard InChI is InChI=1S/C15H23NO3/c1-11(12-8-6-7-9-13(12)18-5)16-10-14(17)19-15(2,3)4/h6-9,11,16H,10H2,1-5H3/t11-/m1/s1. The Morgan fingerprint density at radius 2 is 1.95 bits per heavy atom. The molecule has 4 nitrogen and oxygen atoms in total. The van der Waals surface area contributed by atoms with Gasteiger partial charge in [0.1, 0.15) is 11.4 Å². The van der Waals surface area contributed by atoms with Crippen molar-refractivity contribution in [1.82, 2.24) is 5.32 Å². The molecule has 0 fully saturated rings. The van der Waals surface area contributed by atoms with Crippen LogP contribution in [0, 0.1) is 0 Å². The van der Waals surface area contributed by atoms with E-state index in [1.54, 1.807) is 7.11 Å². The highest BCUT2D eigenvalue weighted by atomic mass is 16.6. The Morgan fingerprint density at radius 1 is 1.32 bits per heavy atom. The smallest absolute Gasteiger partial charge is 0.320 e. The number of para-hydroxylation sites is 1. The predicted molar refractivity (Wildman–Crippen MR) is 75.3 cm³/mol. The molecule has 1 rings (SSSR count). The van der Waals surface area contributed by atoms with Crippen LogP contribution in [0.2, 0.25) is 0 Å². The van der Waals surface area contributed by atoms with Crippen molar-refractivity contribution in [3.05, 3.63) is 29.8 Å². The van der Waals surface area contributed by atoms with Gasteiger partial charge < -0.3 is 14.8 Å². The van der Waals surface area contributed by atoms with Gasteiger partial charge in [-0.05, 0) is 33.8 Å². The largest absolute Gasteiger partial charge is 0.496 e. The van der Waals surface area contributed by atoms with Gasteiger partial charge >= 0.3 is 5.97 Å². The molecule has 0 bridgehead atoms. The molecule has 4 heteroatoms. The van der Waals surface area contributed by atoms with Crippen molar-refractivity contribution in [2.45, 2.75) is 39.3 Å². The van der Waals surface area contributed by atoms with Gasteiger partial charge in [0.15, 0.2) is 0 Å². The zero-order valence-electron chi connectivity index (χ0n) is 12.3. The maximum atomic E-state index is 11.6. The van der Waals surface area contributed by atoms with Crippen LogP contribution in [0.25, 0.3) is 0 Å². The second-order valence-corrected chi connectivity index (χ2v) is 5.43. The van der Waals surface area contributed by atoms with Crippen LogP contribution in [0.1, 0.15) is 39.3 Å². The number of esters is 1. The zero-order valence-corrected chi connectivity index (χ0v) is 12.3. The third-order valence-electron chi connectivity index (χ3n) is 2.58. The van der Waals surface area contributed by atoms with Gasteiger partial charge in [-0.2, -0.15) is 0 Å². The molecule has 1 N–H and O–H groups in total. The van der Waals surface area contributed by atoms with Crippen LogP contribution >= 0.6 is 0 Å². The summed E-state index contributed by atoms with van der Waals surface area (Å²) >= 11 is 0. The van der Waals surface area contributed by atoms with E-state index in [1.807, 2.05) is 52.0 Å². The SMILES string of the molecule is COc1ccccc1[C@@H](C)NCC(=O)OC(C)(C)C. The van der Waals surface area contributed by atoms with Gasteiger partial charge in [-0.25, -0.2) is 0 Å². The number of hydrogen-bond donors (Lipinski definition) is 1. The summed E-state index contributed by atoms with van der Waals surface area (Å²) in [5.74, 6) is 0.556. The third-order valence-corrected chi connectivity index (χ3v) is 2.58. The molecule has 0 aliphatic carbocycles. The summed E-state index contributed by atoms with van der Waals surface area (Å²) in [6.45, 7) is 7.73. The highest BCUT2D eigenvalue weighted by Gasteiger charge is 2.17. The van der Waals surface area contributed by atoms with Gasteiger partial charge in [0.05, 0.1) is 13.7 Å². The molecular weight excluding hydrogens is 242 g/mol. The van der Waals surface area contributed by atoms with Crippen LogP contribution in [0.3, 0.4) is 0 Å². The van der Waals surface area contributed by atoms with Gasteiger partial charge in [0, 0.05) is 11.6 Å². The van der Waals surface area contributed by atoms with Crippen LogP contribution in [0.15, 0.2) is 24.3 Å². The van der Waals surface area contributed by atoms with Crippen molar-refractivity contribution < 1.29 is 14.3 Å². The quantitative estimate of drug-likeness (QED) is 0.832. The highest BCUT2D eigenvalue weighted by Crippen LogP contribution is 2.24. The number of nitrogens with one attached hydrogen (secondary N) is 1. The lowest BCUT2D eigenvalue weighted by Crippen LogP contribution is -2.32. The van der Waals surface area contributed by atoms with Crippen LogP contribution in [0.4, 0.5) is 0 Å². The van der Waals surface area contributed by atoms with Crippen molar-refractivity contribution in [3.8, 4) is 5.75 Å². The molecule has 0 heterocycles. The number of carbonyl (C=O) groups is 1. The van der Waals surface area contributed by atoms with E-state index in [0.717, 1.165) is 11.3 Å². The molecule has 1 atom stereocenters. The minimum absolute atomic E-state index is 0.0173. The molecule has 1 aromatic rings. The molecule has 0 unspecified atom stereocenters. The lowest BCUT2D eigenvalue weighted by atomic mass is 10.1. The van der Waals surface area contributed by atoms with Crippen LogP contribution < -0.4 is 10.1 Å². The number of methoxy groups -OCH3 is 1. The molecule has 0 saturated carbocycles. The first-order valence-electron chi connectivity index (χ1n) is 6.41. The Labute approximate surface area is 115 Å². The topological polar surface area (TPSA) is 47.6 Å². The van der Waals surface area contributed by atoms with Crippen molar-refractivity contribution in [1.29, 1.82) is 0 Å². The molecule has 1 aromatic carbocycles. The monoisotopic (exact) mass is 265 g/mol. The Balaban J connectivity index is 2.56. The van der Waals surface area contributed by atoms with E-state index in [0.29, 0.717) is 0 Å². The first kappa shape index (κ1) is 15.5. The Kier molecular flexibility index (Phi) is 5.36. The van der Waals surface area contributed by atoms with Gasteiger partial charge in [0.2, 0.25) is 0 Å². The minimum Gasteiger partial charge on any atom is -0.496 e. The second kappa shape index (κ2) is 6.57. The molecule has 0 saturated heterocycles. The van der Waals surface area contributed by atoms with E-state index in [-0.39, 0.29) is 18.6 Å². The summed E-state index contributed by atoms with van der Waals surface area (Å²) < 4.78 is 10.5. The van der Waals surface area contributed by atoms with Gasteiger partial charge in [-0.1, -0.05) is 18.2 Å². The van der Waals surface area contributed by atoms with Crippen molar-refractivity contribution >= 4 is 5.97 Å². The summed E-state index contributed by atoms with van der Waals surface area (Å²) in [6, 6.07) is 7.77. The lowest BCUT2D eigenvalue weighted by molar-refractivity contribution is -0.153. The normalized spacial score (nSPS) is 12.9. The summed E-state index contributed by atoms with van der Waals surface area (Å²) in [5.41, 5.74) is 0.570. The molecule has 0 aliphatic rings. The Hall–Kier alpha value is -1.55. The molecule has 0 radical (unpaired) electrons. The fraction of sp³-hybridized carbons (Fsp3) is 0.533. The van der Waals surface area contributed by atoms with Gasteiger partial charge in [0.25, 0.3) is 0 Å². The molecule has 0 amide bonds. The second-order valence-electron chi connectivity index (χ2n) is 5.43. The number of hydrogen-bond acceptors (Lipinski definition) is 4. The first-order valence-corrected chi connectivity index (χ1v) is 6.41. The summed E-state index contributed by atoms with van der Waals surface area (Å²) in [7, 11) is 1.64. The molecule has 19 heavy (non-hydrogen) atoms. The Bertz CT molecular complexity index is 424. The molecule has 106 valence electrons. The van der Waals surface area contributed by atoms with Gasteiger partial charge in [-0.15, -0.1) is 0 Å². The van der Waals surface area contributed by atoms with Crippen LogP contribution in [0.5, 0.6) is 5.75 Å². The number of ether oxygens (including phenoxy) is 2. The van der Waals surface area contributed by atoms with E-state index in [4.69, 9.17) is 9.47 Å². The average Bonchev–Trinajstić information content (AvgIpc) is 2.33. The number of carbonyl (C=O) groups excluding carboxylic acids is 1. The van der Waals surface area contributed by atoms with E-state index in [2.05, 4.69) is 5.32 Å². The molecular formula is C15H23NO3. The van der Waals surface area contributed by atoms with Crippen LogP contribution in [-0.4, -0.2) is 25.2 Å². The highest BCUT2D eigenvalue weighted by molar-refractivity contribution is 5.72. The van der Waals surface area contributed by atoms with Crippen molar-refractivity contribution in [3.63, 3.8) is 0 Å². The van der Waals surface area contributed by atoms with E-state index in [9.17, 15) is 4.79 Å². The summed E-state index contributed by atoms with van der Waals surface area (Å²) in [5, 5.41) is 3.14. The van der Waals surface area contributed by atoms with E-state index < -0.39 is 5.60 Å². The van der Waals surface area contributed by atoms with Crippen LogP contribution in [-0.2, 0) is 9.53 Å². The number of benzene rings is 1. The van der Waals surface area contributed by atoms with E-state index in [1.165, 1.54) is 0 Å². The predicted octanol–water partition coefficient (Wildman–Crippen LogP) is 2.69. The fourth-order valence-corrected chi connectivity index (χ4v) is 1.75. The van der Waals surface area contributed by atoms with Crippen molar-refractivity contribution in [2.75, 3.05) is 13.7 Å². The third kappa shape index (κ3) is 5.30.